The lowest BCUT2D eigenvalue weighted by Gasteiger charge is -2.10. The fourth-order valence-electron chi connectivity index (χ4n) is 2.81. The van der Waals surface area contributed by atoms with Gasteiger partial charge in [0.15, 0.2) is 6.61 Å². The number of nitriles is 1. The molecule has 3 amide bonds. The molecule has 0 radical (unpaired) electrons. The van der Waals surface area contributed by atoms with Crippen molar-refractivity contribution in [3.05, 3.63) is 89.5 Å². The molecule has 9 heteroatoms. The number of benzene rings is 3. The minimum Gasteiger partial charge on any atom is -0.497 e. The highest BCUT2D eigenvalue weighted by Gasteiger charge is 2.16. The van der Waals surface area contributed by atoms with Gasteiger partial charge in [-0.1, -0.05) is 24.3 Å². The van der Waals surface area contributed by atoms with E-state index in [2.05, 4.69) is 16.7 Å². The number of carbonyl (C=O) groups excluding carboxylic acids is 3. The van der Waals surface area contributed by atoms with Crippen LogP contribution in [0.15, 0.2) is 77.7 Å². The standard InChI is InChI=1S/C25H21N3O5S/c1-32-20-12-10-19(11-13-20)27-25(31)28-23(29)15-33-24(30)21-4-2-3-5-22(21)34-16-18-8-6-17(14-26)7-9-18/h2-13H,15-16H2,1H3,(H2,27,28,29,31). The van der Waals surface area contributed by atoms with Crippen molar-refractivity contribution in [2.24, 2.45) is 0 Å². The van der Waals surface area contributed by atoms with Crippen LogP contribution in [0.3, 0.4) is 0 Å². The average molecular weight is 476 g/mol. The Hall–Kier alpha value is -4.29. The maximum Gasteiger partial charge on any atom is 0.339 e. The van der Waals surface area contributed by atoms with Gasteiger partial charge in [0, 0.05) is 16.3 Å². The van der Waals surface area contributed by atoms with Crippen LogP contribution >= 0.6 is 11.8 Å². The highest BCUT2D eigenvalue weighted by molar-refractivity contribution is 7.98. The van der Waals surface area contributed by atoms with E-state index in [0.29, 0.717) is 33.2 Å². The molecular weight excluding hydrogens is 454 g/mol. The second kappa shape index (κ2) is 12.1. The summed E-state index contributed by atoms with van der Waals surface area (Å²) >= 11 is 1.43. The maximum atomic E-state index is 12.5. The second-order valence-electron chi connectivity index (χ2n) is 6.90. The minimum absolute atomic E-state index is 0.316. The molecule has 3 aromatic carbocycles. The fraction of sp³-hybridized carbons (Fsp3) is 0.120. The van der Waals surface area contributed by atoms with Crippen LogP contribution in [0.4, 0.5) is 10.5 Å². The van der Waals surface area contributed by atoms with Gasteiger partial charge in [0.1, 0.15) is 5.75 Å². The molecule has 3 aromatic rings. The molecule has 2 N–H and O–H groups in total. The Morgan fingerprint density at radius 1 is 0.971 bits per heavy atom. The maximum absolute atomic E-state index is 12.5. The zero-order chi connectivity index (χ0) is 24.3. The molecule has 0 unspecified atom stereocenters. The van der Waals surface area contributed by atoms with Gasteiger partial charge in [0.05, 0.1) is 24.3 Å². The van der Waals surface area contributed by atoms with Crippen molar-refractivity contribution in [2.45, 2.75) is 10.6 Å². The van der Waals surface area contributed by atoms with Crippen molar-refractivity contribution in [2.75, 3.05) is 19.0 Å². The summed E-state index contributed by atoms with van der Waals surface area (Å²) in [5, 5.41) is 13.5. The van der Waals surface area contributed by atoms with Crippen LogP contribution in [0.2, 0.25) is 0 Å². The molecule has 0 bridgehead atoms. The molecule has 8 nitrogen and oxygen atoms in total. The quantitative estimate of drug-likeness (QED) is 0.367. The summed E-state index contributed by atoms with van der Waals surface area (Å²) in [4.78, 5) is 37.2. The van der Waals surface area contributed by atoms with Gasteiger partial charge in [-0.2, -0.15) is 5.26 Å². The van der Waals surface area contributed by atoms with Gasteiger partial charge >= 0.3 is 12.0 Å². The zero-order valence-electron chi connectivity index (χ0n) is 18.2. The van der Waals surface area contributed by atoms with Gasteiger partial charge in [-0.3, -0.25) is 10.1 Å². The molecule has 0 aliphatic carbocycles. The van der Waals surface area contributed by atoms with Gasteiger partial charge in [0.2, 0.25) is 0 Å². The van der Waals surface area contributed by atoms with Crippen molar-refractivity contribution in [1.82, 2.24) is 5.32 Å². The van der Waals surface area contributed by atoms with E-state index in [1.54, 1.807) is 60.7 Å². The zero-order valence-corrected chi connectivity index (χ0v) is 19.1. The summed E-state index contributed by atoms with van der Waals surface area (Å²) in [6.45, 7) is -0.608. The fourth-order valence-corrected chi connectivity index (χ4v) is 3.80. The Bertz CT molecular complexity index is 1200. The molecule has 0 aromatic heterocycles. The van der Waals surface area contributed by atoms with E-state index in [1.165, 1.54) is 18.9 Å². The van der Waals surface area contributed by atoms with Crippen LogP contribution in [0.5, 0.6) is 5.75 Å². The van der Waals surface area contributed by atoms with E-state index in [9.17, 15) is 14.4 Å². The van der Waals surface area contributed by atoms with E-state index in [-0.39, 0.29) is 0 Å². The average Bonchev–Trinajstić information content (AvgIpc) is 2.87. The first kappa shape index (κ1) is 24.4. The smallest absolute Gasteiger partial charge is 0.339 e. The molecule has 3 rings (SSSR count). The van der Waals surface area contributed by atoms with E-state index in [0.717, 1.165) is 5.56 Å². The number of rotatable bonds is 8. The van der Waals surface area contributed by atoms with Crippen LogP contribution < -0.4 is 15.4 Å². The number of nitrogens with one attached hydrogen (secondary N) is 2. The molecule has 0 fully saturated rings. The third-order valence-electron chi connectivity index (χ3n) is 4.52. The topological polar surface area (TPSA) is 118 Å². The van der Waals surface area contributed by atoms with E-state index in [1.807, 2.05) is 12.1 Å². The van der Waals surface area contributed by atoms with Gasteiger partial charge < -0.3 is 14.8 Å². The summed E-state index contributed by atoms with van der Waals surface area (Å²) in [6.07, 6.45) is 0. The summed E-state index contributed by atoms with van der Waals surface area (Å²) in [5.41, 5.74) is 2.36. The first-order valence-electron chi connectivity index (χ1n) is 10.1. The van der Waals surface area contributed by atoms with Gasteiger partial charge in [0.25, 0.3) is 5.91 Å². The third kappa shape index (κ3) is 7.12. The Morgan fingerprint density at radius 2 is 1.68 bits per heavy atom. The number of ether oxygens (including phenoxy) is 2. The molecule has 0 spiro atoms. The van der Waals surface area contributed by atoms with Crippen molar-refractivity contribution < 1.29 is 23.9 Å². The lowest BCUT2D eigenvalue weighted by molar-refractivity contribution is -0.123. The Labute approximate surface area is 200 Å². The number of thioether (sulfide) groups is 1. The molecule has 0 aliphatic rings. The summed E-state index contributed by atoms with van der Waals surface area (Å²) in [5.74, 6) is -0.220. The predicted octanol–water partition coefficient (Wildman–Crippen LogP) is 4.36. The van der Waals surface area contributed by atoms with Crippen LogP contribution in [0, 0.1) is 11.3 Å². The first-order valence-corrected chi connectivity index (χ1v) is 11.1. The van der Waals surface area contributed by atoms with E-state index < -0.39 is 24.5 Å². The van der Waals surface area contributed by atoms with Gasteiger partial charge in [-0.15, -0.1) is 11.8 Å². The Kier molecular flexibility index (Phi) is 8.66. The number of nitrogens with zero attached hydrogens (tertiary/aromatic N) is 1. The number of carbonyl (C=O) groups is 3. The number of urea groups is 1. The number of methoxy groups -OCH3 is 1. The van der Waals surface area contributed by atoms with Gasteiger partial charge in [-0.25, -0.2) is 9.59 Å². The van der Waals surface area contributed by atoms with Crippen molar-refractivity contribution in [3.8, 4) is 11.8 Å². The van der Waals surface area contributed by atoms with Crippen LogP contribution in [0.25, 0.3) is 0 Å². The SMILES string of the molecule is COc1ccc(NC(=O)NC(=O)COC(=O)c2ccccc2SCc2ccc(C#N)cc2)cc1. The van der Waals surface area contributed by atoms with Gasteiger partial charge in [-0.05, 0) is 54.1 Å². The number of amides is 3. The Balaban J connectivity index is 1.50. The van der Waals surface area contributed by atoms with Crippen molar-refractivity contribution in [1.29, 1.82) is 5.26 Å². The van der Waals surface area contributed by atoms with E-state index in [4.69, 9.17) is 14.7 Å². The number of hydrogen-bond acceptors (Lipinski definition) is 7. The number of hydrogen-bond donors (Lipinski definition) is 2. The summed E-state index contributed by atoms with van der Waals surface area (Å²) in [7, 11) is 1.53. The summed E-state index contributed by atoms with van der Waals surface area (Å²) in [6, 6.07) is 22.0. The largest absolute Gasteiger partial charge is 0.497 e. The van der Waals surface area contributed by atoms with Crippen LogP contribution in [-0.4, -0.2) is 31.6 Å². The molecule has 0 aliphatic heterocycles. The molecule has 172 valence electrons. The predicted molar refractivity (Wildman–Crippen MR) is 128 cm³/mol. The lowest BCUT2D eigenvalue weighted by Crippen LogP contribution is -2.37. The molecule has 0 heterocycles. The molecule has 0 saturated heterocycles. The third-order valence-corrected chi connectivity index (χ3v) is 5.66. The molecule has 0 saturated carbocycles. The van der Waals surface area contributed by atoms with Crippen molar-refractivity contribution in [3.63, 3.8) is 0 Å². The number of esters is 1. The van der Waals surface area contributed by atoms with Crippen LogP contribution in [0.1, 0.15) is 21.5 Å². The summed E-state index contributed by atoms with van der Waals surface area (Å²) < 4.78 is 10.1. The highest BCUT2D eigenvalue weighted by atomic mass is 32.2. The minimum atomic E-state index is -0.762. The molecule has 34 heavy (non-hydrogen) atoms. The van der Waals surface area contributed by atoms with Crippen molar-refractivity contribution >= 4 is 35.4 Å². The second-order valence-corrected chi connectivity index (χ2v) is 7.92. The monoisotopic (exact) mass is 475 g/mol. The Morgan fingerprint density at radius 3 is 2.35 bits per heavy atom. The molecule has 0 atom stereocenters. The number of imide groups is 1. The first-order chi connectivity index (χ1) is 16.5. The molecular formula is C25H21N3O5S. The highest BCUT2D eigenvalue weighted by Crippen LogP contribution is 2.27. The normalized spacial score (nSPS) is 10.0. The number of anilines is 1. The van der Waals surface area contributed by atoms with Crippen LogP contribution in [-0.2, 0) is 15.3 Å². The lowest BCUT2D eigenvalue weighted by atomic mass is 10.2. The van der Waals surface area contributed by atoms with E-state index >= 15 is 0 Å².